The molecule has 0 atom stereocenters. The third-order valence-corrected chi connectivity index (χ3v) is 8.84. The second-order valence-corrected chi connectivity index (χ2v) is 13.2. The van der Waals surface area contributed by atoms with Crippen molar-refractivity contribution in [2.75, 3.05) is 44.2 Å². The monoisotopic (exact) mass is 623 g/mol. The SMILES string of the molecule is CC(C)(C)OC(=O)N1CCN(C2CCN(c3ccc(C(=O)NC4CCC(Oc5ccc(C#N)c(Cl)c5)CC4)nn3)CC2)CC1. The Kier molecular flexibility index (Phi) is 10.1. The molecule has 3 fully saturated rings. The van der Waals surface area contributed by atoms with Crippen molar-refractivity contribution >= 4 is 29.4 Å². The fourth-order valence-corrected chi connectivity index (χ4v) is 6.32. The van der Waals surface area contributed by atoms with E-state index in [1.807, 2.05) is 26.8 Å². The molecular formula is C32H42ClN7O4. The number of ether oxygens (including phenoxy) is 2. The number of rotatable bonds is 6. The molecule has 0 radical (unpaired) electrons. The highest BCUT2D eigenvalue weighted by molar-refractivity contribution is 6.31. The number of nitrogens with one attached hydrogen (secondary N) is 1. The standard InChI is InChI=1S/C32H42ClN7O4/c1-32(2,3)44-31(42)40-18-16-38(17-19-40)24-12-14-39(15-13-24)29-11-10-28(36-37-29)30(41)35-23-5-8-25(9-6-23)43-26-7-4-22(21-34)27(33)20-26/h4,7,10-11,20,23-25H,5-6,8-9,12-19H2,1-3H3,(H,35,41). The smallest absolute Gasteiger partial charge is 0.410 e. The minimum atomic E-state index is -0.479. The Morgan fingerprint density at radius 1 is 0.955 bits per heavy atom. The van der Waals surface area contributed by atoms with Crippen molar-refractivity contribution in [2.24, 2.45) is 0 Å². The normalized spacial score (nSPS) is 21.8. The zero-order valence-corrected chi connectivity index (χ0v) is 26.6. The van der Waals surface area contributed by atoms with Gasteiger partial charge in [0, 0.05) is 57.4 Å². The molecular weight excluding hydrogens is 582 g/mol. The Morgan fingerprint density at radius 2 is 1.66 bits per heavy atom. The van der Waals surface area contributed by atoms with Crippen molar-refractivity contribution in [1.82, 2.24) is 25.3 Å². The second-order valence-electron chi connectivity index (χ2n) is 12.8. The van der Waals surface area contributed by atoms with Crippen molar-refractivity contribution in [2.45, 2.75) is 83.1 Å². The van der Waals surface area contributed by atoms with E-state index in [1.54, 1.807) is 29.2 Å². The molecule has 1 aromatic carbocycles. The number of aromatic nitrogens is 2. The van der Waals surface area contributed by atoms with Crippen LogP contribution in [0, 0.1) is 11.3 Å². The molecule has 2 saturated heterocycles. The van der Waals surface area contributed by atoms with Crippen LogP contribution in [0.5, 0.6) is 5.75 Å². The number of nitrogens with zero attached hydrogens (tertiary/aromatic N) is 6. The third-order valence-electron chi connectivity index (χ3n) is 8.53. The Hall–Kier alpha value is -3.62. The van der Waals surface area contributed by atoms with E-state index < -0.39 is 5.60 Å². The number of anilines is 1. The van der Waals surface area contributed by atoms with Crippen molar-refractivity contribution in [3.8, 4) is 11.8 Å². The summed E-state index contributed by atoms with van der Waals surface area (Å²) < 4.78 is 11.6. The van der Waals surface area contributed by atoms with Crippen LogP contribution >= 0.6 is 11.6 Å². The molecule has 236 valence electrons. The van der Waals surface area contributed by atoms with Gasteiger partial charge in [0.2, 0.25) is 0 Å². The maximum atomic E-state index is 12.9. The molecule has 1 aliphatic carbocycles. The second kappa shape index (κ2) is 14.0. The minimum absolute atomic E-state index is 0.0391. The van der Waals surface area contributed by atoms with E-state index in [0.29, 0.717) is 41.2 Å². The Balaban J connectivity index is 1.02. The van der Waals surface area contributed by atoms with Gasteiger partial charge in [0.15, 0.2) is 11.5 Å². The van der Waals surface area contributed by atoms with Crippen LogP contribution in [-0.4, -0.2) is 95.1 Å². The van der Waals surface area contributed by atoms with Crippen LogP contribution < -0.4 is 15.0 Å². The van der Waals surface area contributed by atoms with E-state index in [2.05, 4.69) is 31.4 Å². The van der Waals surface area contributed by atoms with E-state index in [0.717, 1.165) is 70.5 Å². The van der Waals surface area contributed by atoms with E-state index in [-0.39, 0.29) is 24.1 Å². The Labute approximate surface area is 264 Å². The average Bonchev–Trinajstić information content (AvgIpc) is 3.01. The molecule has 3 heterocycles. The topological polar surface area (TPSA) is 124 Å². The van der Waals surface area contributed by atoms with Crippen LogP contribution in [0.2, 0.25) is 5.02 Å². The van der Waals surface area contributed by atoms with Gasteiger partial charge >= 0.3 is 6.09 Å². The first-order valence-electron chi connectivity index (χ1n) is 15.6. The molecule has 5 rings (SSSR count). The molecule has 2 aromatic rings. The highest BCUT2D eigenvalue weighted by Crippen LogP contribution is 2.28. The van der Waals surface area contributed by atoms with E-state index >= 15 is 0 Å². The molecule has 3 aliphatic rings. The maximum absolute atomic E-state index is 12.9. The van der Waals surface area contributed by atoms with Gasteiger partial charge in [-0.15, -0.1) is 10.2 Å². The van der Waals surface area contributed by atoms with Gasteiger partial charge in [-0.25, -0.2) is 4.79 Å². The first-order chi connectivity index (χ1) is 21.1. The maximum Gasteiger partial charge on any atom is 0.410 e. The Bertz CT molecular complexity index is 1340. The molecule has 1 aromatic heterocycles. The molecule has 2 aliphatic heterocycles. The number of hydrogen-bond acceptors (Lipinski definition) is 9. The quantitative estimate of drug-likeness (QED) is 0.490. The summed E-state index contributed by atoms with van der Waals surface area (Å²) in [6.07, 6.45) is 5.06. The van der Waals surface area contributed by atoms with Gasteiger partial charge in [0.1, 0.15) is 17.4 Å². The van der Waals surface area contributed by atoms with Crippen molar-refractivity contribution < 1.29 is 19.1 Å². The summed E-state index contributed by atoms with van der Waals surface area (Å²) in [5, 5.41) is 21.2. The summed E-state index contributed by atoms with van der Waals surface area (Å²) in [6.45, 7) is 10.5. The van der Waals surface area contributed by atoms with Gasteiger partial charge in [-0.2, -0.15) is 5.26 Å². The van der Waals surface area contributed by atoms with Gasteiger partial charge in [0.05, 0.1) is 16.7 Å². The van der Waals surface area contributed by atoms with E-state index in [1.165, 1.54) is 0 Å². The molecule has 2 amide bonds. The predicted octanol–water partition coefficient (Wildman–Crippen LogP) is 4.64. The first-order valence-corrected chi connectivity index (χ1v) is 15.9. The molecule has 44 heavy (non-hydrogen) atoms. The van der Waals surface area contributed by atoms with Crippen molar-refractivity contribution in [1.29, 1.82) is 5.26 Å². The van der Waals surface area contributed by atoms with Crippen LogP contribution in [-0.2, 0) is 4.74 Å². The number of nitriles is 1. The number of piperazine rings is 1. The van der Waals surface area contributed by atoms with Gasteiger partial charge < -0.3 is 24.6 Å². The first kappa shape index (κ1) is 31.8. The highest BCUT2D eigenvalue weighted by Gasteiger charge is 2.31. The minimum Gasteiger partial charge on any atom is -0.490 e. The van der Waals surface area contributed by atoms with Gasteiger partial charge in [-0.1, -0.05) is 11.6 Å². The zero-order valence-electron chi connectivity index (χ0n) is 25.8. The third kappa shape index (κ3) is 8.30. The van der Waals surface area contributed by atoms with Gasteiger partial charge in [0.25, 0.3) is 5.91 Å². The summed E-state index contributed by atoms with van der Waals surface area (Å²) >= 11 is 6.12. The molecule has 0 bridgehead atoms. The zero-order chi connectivity index (χ0) is 31.3. The number of hydrogen-bond donors (Lipinski definition) is 1. The summed E-state index contributed by atoms with van der Waals surface area (Å²) in [4.78, 5) is 31.8. The number of carbonyl (C=O) groups excluding carboxylic acids is 2. The van der Waals surface area contributed by atoms with Crippen LogP contribution in [0.25, 0.3) is 0 Å². The lowest BCUT2D eigenvalue weighted by atomic mass is 9.93. The largest absolute Gasteiger partial charge is 0.490 e. The van der Waals surface area contributed by atoms with E-state index in [9.17, 15) is 9.59 Å². The summed E-state index contributed by atoms with van der Waals surface area (Å²) in [6, 6.07) is 11.3. The van der Waals surface area contributed by atoms with Gasteiger partial charge in [-0.05, 0) is 83.6 Å². The number of halogens is 1. The summed E-state index contributed by atoms with van der Waals surface area (Å²) in [5.41, 5.74) is 0.263. The average molecular weight is 624 g/mol. The summed E-state index contributed by atoms with van der Waals surface area (Å²) in [5.74, 6) is 1.23. The number of piperidine rings is 1. The molecule has 1 saturated carbocycles. The lowest BCUT2D eigenvalue weighted by molar-refractivity contribution is 0.00900. The lowest BCUT2D eigenvalue weighted by Gasteiger charge is -2.43. The predicted molar refractivity (Wildman–Crippen MR) is 167 cm³/mol. The van der Waals surface area contributed by atoms with E-state index in [4.69, 9.17) is 26.3 Å². The van der Waals surface area contributed by atoms with Crippen molar-refractivity contribution in [3.05, 3.63) is 46.6 Å². The van der Waals surface area contributed by atoms with Crippen LogP contribution in [0.1, 0.15) is 75.3 Å². The van der Waals surface area contributed by atoms with Gasteiger partial charge in [-0.3, -0.25) is 9.69 Å². The van der Waals surface area contributed by atoms with Crippen LogP contribution in [0.3, 0.4) is 0 Å². The fourth-order valence-electron chi connectivity index (χ4n) is 6.11. The number of benzene rings is 1. The molecule has 11 nitrogen and oxygen atoms in total. The van der Waals surface area contributed by atoms with Crippen molar-refractivity contribution in [3.63, 3.8) is 0 Å². The Morgan fingerprint density at radius 3 is 2.25 bits per heavy atom. The van der Waals surface area contributed by atoms with Crippen LogP contribution in [0.4, 0.5) is 10.6 Å². The highest BCUT2D eigenvalue weighted by atomic mass is 35.5. The molecule has 0 spiro atoms. The van der Waals surface area contributed by atoms with Crippen LogP contribution in [0.15, 0.2) is 30.3 Å². The molecule has 1 N–H and O–H groups in total. The summed E-state index contributed by atoms with van der Waals surface area (Å²) in [7, 11) is 0. The molecule has 12 heteroatoms. The lowest BCUT2D eigenvalue weighted by Crippen LogP contribution is -2.55. The molecule has 0 unspecified atom stereocenters. The number of amides is 2. The fraction of sp³-hybridized carbons (Fsp3) is 0.594. The number of carbonyl (C=O) groups is 2.